The summed E-state index contributed by atoms with van der Waals surface area (Å²) in [5, 5.41) is 3.95. The quantitative estimate of drug-likeness (QED) is 0.506. The molecule has 0 spiro atoms. The van der Waals surface area contributed by atoms with Crippen molar-refractivity contribution < 1.29 is 19.0 Å². The normalized spacial score (nSPS) is 11.4. The Bertz CT molecular complexity index is 860. The summed E-state index contributed by atoms with van der Waals surface area (Å²) in [6.45, 7) is 6.26. The fraction of sp³-hybridized carbons (Fsp3) is 0.333. The maximum absolute atomic E-state index is 12.0. The lowest BCUT2D eigenvalue weighted by Gasteiger charge is -2.20. The Kier molecular flexibility index (Phi) is 7.45. The average molecular weight is 449 g/mol. The minimum atomic E-state index is -0.370. The van der Waals surface area contributed by atoms with E-state index in [4.69, 9.17) is 14.2 Å². The first-order chi connectivity index (χ1) is 13.3. The number of rotatable bonds is 7. The predicted octanol–water partition coefficient (Wildman–Crippen LogP) is 4.29. The summed E-state index contributed by atoms with van der Waals surface area (Å²) >= 11 is 3.49. The van der Waals surface area contributed by atoms with Crippen molar-refractivity contribution in [3.8, 4) is 17.2 Å². The van der Waals surface area contributed by atoms with Crippen LogP contribution in [0.25, 0.3) is 0 Å². The molecule has 0 heterocycles. The SMILES string of the molecule is COc1cccc(/C=N/NC(=O)COc2ccc(C(C)(C)C)cc2Br)c1OC. The molecule has 0 aromatic heterocycles. The van der Waals surface area contributed by atoms with Crippen molar-refractivity contribution >= 4 is 28.1 Å². The molecule has 1 N–H and O–H groups in total. The van der Waals surface area contributed by atoms with Crippen LogP contribution in [0.2, 0.25) is 0 Å². The highest BCUT2D eigenvalue weighted by Crippen LogP contribution is 2.31. The molecule has 2 rings (SSSR count). The summed E-state index contributed by atoms with van der Waals surface area (Å²) in [6, 6.07) is 11.2. The molecular weight excluding hydrogens is 424 g/mol. The van der Waals surface area contributed by atoms with Crippen LogP contribution in [0, 0.1) is 0 Å². The molecule has 0 atom stereocenters. The van der Waals surface area contributed by atoms with Gasteiger partial charge in [-0.1, -0.05) is 32.9 Å². The number of para-hydroxylation sites is 1. The molecule has 0 unspecified atom stereocenters. The van der Waals surface area contributed by atoms with E-state index in [9.17, 15) is 4.79 Å². The zero-order chi connectivity index (χ0) is 20.7. The third-order valence-corrected chi connectivity index (χ3v) is 4.60. The molecule has 0 bridgehead atoms. The molecule has 0 saturated heterocycles. The number of hydrogen-bond acceptors (Lipinski definition) is 5. The Labute approximate surface area is 174 Å². The van der Waals surface area contributed by atoms with E-state index in [1.807, 2.05) is 24.3 Å². The molecule has 0 aliphatic carbocycles. The zero-order valence-corrected chi connectivity index (χ0v) is 18.3. The summed E-state index contributed by atoms with van der Waals surface area (Å²) in [4.78, 5) is 12.0. The van der Waals surface area contributed by atoms with E-state index in [2.05, 4.69) is 47.2 Å². The van der Waals surface area contributed by atoms with Crippen LogP contribution >= 0.6 is 15.9 Å². The fourth-order valence-electron chi connectivity index (χ4n) is 2.45. The number of nitrogens with one attached hydrogen (secondary N) is 1. The molecule has 0 radical (unpaired) electrons. The zero-order valence-electron chi connectivity index (χ0n) is 16.7. The monoisotopic (exact) mass is 448 g/mol. The van der Waals surface area contributed by atoms with E-state index in [1.165, 1.54) is 11.8 Å². The number of hydrazone groups is 1. The van der Waals surface area contributed by atoms with Crippen molar-refractivity contribution in [2.24, 2.45) is 5.10 Å². The van der Waals surface area contributed by atoms with E-state index >= 15 is 0 Å². The van der Waals surface area contributed by atoms with Gasteiger partial charge in [-0.05, 0) is 51.2 Å². The number of carbonyl (C=O) groups excluding carboxylic acids is 1. The van der Waals surface area contributed by atoms with Gasteiger partial charge in [0.1, 0.15) is 5.75 Å². The van der Waals surface area contributed by atoms with Crippen LogP contribution in [0.1, 0.15) is 31.9 Å². The summed E-state index contributed by atoms with van der Waals surface area (Å²) in [5.74, 6) is 1.36. The lowest BCUT2D eigenvalue weighted by Crippen LogP contribution is -2.24. The summed E-state index contributed by atoms with van der Waals surface area (Å²) < 4.78 is 16.9. The number of hydrogen-bond donors (Lipinski definition) is 1. The van der Waals surface area contributed by atoms with Crippen molar-refractivity contribution in [1.29, 1.82) is 0 Å². The Morgan fingerprint density at radius 2 is 1.89 bits per heavy atom. The van der Waals surface area contributed by atoms with Crippen LogP contribution in [0.5, 0.6) is 17.2 Å². The van der Waals surface area contributed by atoms with E-state index < -0.39 is 0 Å². The maximum Gasteiger partial charge on any atom is 0.277 e. The highest BCUT2D eigenvalue weighted by atomic mass is 79.9. The minimum absolute atomic E-state index is 0.0360. The molecular formula is C21H25BrN2O4. The predicted molar refractivity (Wildman–Crippen MR) is 114 cm³/mol. The van der Waals surface area contributed by atoms with Gasteiger partial charge >= 0.3 is 0 Å². The lowest BCUT2D eigenvalue weighted by atomic mass is 9.87. The smallest absolute Gasteiger partial charge is 0.277 e. The van der Waals surface area contributed by atoms with Gasteiger partial charge < -0.3 is 14.2 Å². The number of amides is 1. The lowest BCUT2D eigenvalue weighted by molar-refractivity contribution is -0.123. The fourth-order valence-corrected chi connectivity index (χ4v) is 2.94. The summed E-state index contributed by atoms with van der Waals surface area (Å²) in [5.41, 5.74) is 4.33. The van der Waals surface area contributed by atoms with E-state index in [1.54, 1.807) is 26.4 Å². The molecule has 0 fully saturated rings. The second-order valence-electron chi connectivity index (χ2n) is 7.06. The average Bonchev–Trinajstić information content (AvgIpc) is 2.65. The van der Waals surface area contributed by atoms with E-state index in [0.29, 0.717) is 22.8 Å². The number of carbonyl (C=O) groups is 1. The molecule has 0 aliphatic rings. The Morgan fingerprint density at radius 3 is 2.50 bits per heavy atom. The van der Waals surface area contributed by atoms with Crippen LogP contribution in [-0.2, 0) is 10.2 Å². The number of benzene rings is 2. The van der Waals surface area contributed by atoms with Crippen molar-refractivity contribution in [3.05, 3.63) is 52.0 Å². The molecule has 7 heteroatoms. The van der Waals surface area contributed by atoms with Gasteiger partial charge in [0.25, 0.3) is 5.91 Å². The first-order valence-electron chi connectivity index (χ1n) is 8.72. The van der Waals surface area contributed by atoms with Crippen LogP contribution in [0.3, 0.4) is 0 Å². The van der Waals surface area contributed by atoms with Gasteiger partial charge in [0.2, 0.25) is 0 Å². The summed E-state index contributed by atoms with van der Waals surface area (Å²) in [7, 11) is 3.11. The first kappa shape index (κ1) is 21.8. The van der Waals surface area contributed by atoms with Gasteiger partial charge in [0.05, 0.1) is 24.9 Å². The third kappa shape index (κ3) is 5.73. The maximum atomic E-state index is 12.0. The number of nitrogens with zero attached hydrogens (tertiary/aromatic N) is 1. The van der Waals surface area contributed by atoms with E-state index in [-0.39, 0.29) is 17.9 Å². The van der Waals surface area contributed by atoms with Gasteiger partial charge in [-0.15, -0.1) is 0 Å². The highest BCUT2D eigenvalue weighted by molar-refractivity contribution is 9.10. The molecule has 2 aromatic rings. The van der Waals surface area contributed by atoms with E-state index in [0.717, 1.165) is 4.47 Å². The number of ether oxygens (including phenoxy) is 3. The van der Waals surface area contributed by atoms with Crippen molar-refractivity contribution in [3.63, 3.8) is 0 Å². The molecule has 2 aromatic carbocycles. The highest BCUT2D eigenvalue weighted by Gasteiger charge is 2.15. The van der Waals surface area contributed by atoms with Crippen LogP contribution in [0.15, 0.2) is 46.0 Å². The van der Waals surface area contributed by atoms with Gasteiger partial charge in [0, 0.05) is 5.56 Å². The van der Waals surface area contributed by atoms with Crippen LogP contribution < -0.4 is 19.6 Å². The molecule has 150 valence electrons. The summed E-state index contributed by atoms with van der Waals surface area (Å²) in [6.07, 6.45) is 1.49. The van der Waals surface area contributed by atoms with Crippen molar-refractivity contribution in [2.45, 2.75) is 26.2 Å². The molecule has 6 nitrogen and oxygen atoms in total. The first-order valence-corrected chi connectivity index (χ1v) is 9.51. The minimum Gasteiger partial charge on any atom is -0.493 e. The number of methoxy groups -OCH3 is 2. The van der Waals surface area contributed by atoms with Crippen molar-refractivity contribution in [2.75, 3.05) is 20.8 Å². The molecule has 0 saturated carbocycles. The standard InChI is InChI=1S/C21H25BrN2O4/c1-21(2,3)15-9-10-17(16(22)11-15)28-13-19(25)24-23-12-14-7-6-8-18(26-4)20(14)27-5/h6-12H,13H2,1-5H3,(H,24,25)/b23-12+. The van der Waals surface area contributed by atoms with Gasteiger partial charge in [-0.3, -0.25) is 4.79 Å². The number of halogens is 1. The Balaban J connectivity index is 1.94. The molecule has 1 amide bonds. The second kappa shape index (κ2) is 9.59. The van der Waals surface area contributed by atoms with Crippen molar-refractivity contribution in [1.82, 2.24) is 5.43 Å². The van der Waals surface area contributed by atoms with Gasteiger partial charge in [-0.2, -0.15) is 5.10 Å². The van der Waals surface area contributed by atoms with Gasteiger partial charge in [-0.25, -0.2) is 5.43 Å². The Hall–Kier alpha value is -2.54. The Morgan fingerprint density at radius 1 is 1.14 bits per heavy atom. The largest absolute Gasteiger partial charge is 0.493 e. The topological polar surface area (TPSA) is 69.2 Å². The molecule has 28 heavy (non-hydrogen) atoms. The third-order valence-electron chi connectivity index (χ3n) is 3.98. The second-order valence-corrected chi connectivity index (χ2v) is 7.91. The van der Waals surface area contributed by atoms with Gasteiger partial charge in [0.15, 0.2) is 18.1 Å². The molecule has 0 aliphatic heterocycles. The van der Waals surface area contributed by atoms with Crippen LogP contribution in [-0.4, -0.2) is 32.9 Å². The van der Waals surface area contributed by atoms with Crippen LogP contribution in [0.4, 0.5) is 0 Å².